The van der Waals surface area contributed by atoms with E-state index >= 15 is 0 Å². The van der Waals surface area contributed by atoms with Crippen molar-refractivity contribution in [2.24, 2.45) is 5.92 Å². The molecule has 2 atom stereocenters. The van der Waals surface area contributed by atoms with Gasteiger partial charge in [0.25, 0.3) is 0 Å². The van der Waals surface area contributed by atoms with Gasteiger partial charge in [-0.25, -0.2) is 0 Å². The van der Waals surface area contributed by atoms with E-state index in [1.54, 1.807) is 6.92 Å². The van der Waals surface area contributed by atoms with Crippen LogP contribution in [0.4, 0.5) is 0 Å². The fourth-order valence-electron chi connectivity index (χ4n) is 4.58. The minimum absolute atomic E-state index is 0.0281. The van der Waals surface area contributed by atoms with Crippen LogP contribution in [0.3, 0.4) is 0 Å². The van der Waals surface area contributed by atoms with Crippen molar-refractivity contribution in [2.75, 3.05) is 6.54 Å². The summed E-state index contributed by atoms with van der Waals surface area (Å²) in [4.78, 5) is 42.9. The van der Waals surface area contributed by atoms with Crippen molar-refractivity contribution in [1.82, 2.24) is 9.88 Å². The molecule has 1 amide bonds. The van der Waals surface area contributed by atoms with Gasteiger partial charge in [-0.3, -0.25) is 14.4 Å². The van der Waals surface area contributed by atoms with Crippen LogP contribution in [0.25, 0.3) is 10.9 Å². The number of ether oxygens (including phenoxy) is 1. The van der Waals surface area contributed by atoms with Crippen LogP contribution >= 0.6 is 0 Å². The average Bonchev–Trinajstić information content (AvgIpc) is 3.38. The van der Waals surface area contributed by atoms with Gasteiger partial charge >= 0.3 is 5.97 Å². The molecule has 1 aliphatic carbocycles. The second-order valence-electron chi connectivity index (χ2n) is 8.00. The average molecular weight is 382 g/mol. The first kappa shape index (κ1) is 18.7. The molecular formula is C22H26N2O4. The number of nitrogens with one attached hydrogen (secondary N) is 1. The number of carbonyl (C=O) groups excluding carboxylic acids is 3. The van der Waals surface area contributed by atoms with Gasteiger partial charge in [0.1, 0.15) is 0 Å². The Bertz CT molecular complexity index is 926. The van der Waals surface area contributed by atoms with Gasteiger partial charge in [-0.15, -0.1) is 0 Å². The van der Waals surface area contributed by atoms with Gasteiger partial charge in [-0.05, 0) is 32.8 Å². The summed E-state index contributed by atoms with van der Waals surface area (Å²) in [5.74, 6) is -1.12. The molecule has 2 heterocycles. The predicted molar refractivity (Wildman–Crippen MR) is 105 cm³/mol. The van der Waals surface area contributed by atoms with Crippen LogP contribution < -0.4 is 0 Å². The largest absolute Gasteiger partial charge is 0.454 e. The van der Waals surface area contributed by atoms with Gasteiger partial charge in [0.2, 0.25) is 11.7 Å². The second kappa shape index (κ2) is 7.41. The number of fused-ring (bicyclic) bond motifs is 1. The molecule has 148 valence electrons. The molecule has 6 heteroatoms. The summed E-state index contributed by atoms with van der Waals surface area (Å²) >= 11 is 0. The van der Waals surface area contributed by atoms with Crippen molar-refractivity contribution in [2.45, 2.75) is 58.1 Å². The van der Waals surface area contributed by atoms with Gasteiger partial charge in [-0.2, -0.15) is 0 Å². The van der Waals surface area contributed by atoms with Crippen molar-refractivity contribution >= 4 is 28.6 Å². The maximum atomic E-state index is 13.0. The zero-order valence-electron chi connectivity index (χ0n) is 16.4. The highest BCUT2D eigenvalue weighted by Gasteiger charge is 2.40. The zero-order chi connectivity index (χ0) is 19.8. The number of H-pyrrole nitrogens is 1. The van der Waals surface area contributed by atoms with Gasteiger partial charge < -0.3 is 14.6 Å². The minimum Gasteiger partial charge on any atom is -0.454 e. The smallest absolute Gasteiger partial charge is 0.311 e. The number of benzene rings is 1. The highest BCUT2D eigenvalue weighted by atomic mass is 16.5. The molecule has 0 unspecified atom stereocenters. The van der Waals surface area contributed by atoms with Crippen molar-refractivity contribution in [3.63, 3.8) is 0 Å². The Morgan fingerprint density at radius 2 is 1.93 bits per heavy atom. The third-order valence-corrected chi connectivity index (χ3v) is 6.06. The van der Waals surface area contributed by atoms with Gasteiger partial charge in [0, 0.05) is 41.2 Å². The molecule has 4 rings (SSSR count). The van der Waals surface area contributed by atoms with Crippen LogP contribution in [-0.4, -0.2) is 46.2 Å². The number of Topliss-reactive ketones (excluding diaryl/α,β-unsaturated/α-hetero) is 1. The molecule has 6 nitrogen and oxygen atoms in total. The van der Waals surface area contributed by atoms with Crippen LogP contribution in [0.15, 0.2) is 24.3 Å². The summed E-state index contributed by atoms with van der Waals surface area (Å²) in [7, 11) is 0. The van der Waals surface area contributed by atoms with E-state index in [0.29, 0.717) is 12.1 Å². The van der Waals surface area contributed by atoms with Crippen LogP contribution in [-0.2, 0) is 14.3 Å². The molecule has 1 saturated heterocycles. The lowest BCUT2D eigenvalue weighted by Gasteiger charge is -2.24. The number of rotatable bonds is 5. The number of carbonyl (C=O) groups is 3. The van der Waals surface area contributed by atoms with Crippen molar-refractivity contribution < 1.29 is 19.1 Å². The van der Waals surface area contributed by atoms with E-state index in [-0.39, 0.29) is 24.2 Å². The fourth-order valence-corrected chi connectivity index (χ4v) is 4.58. The number of esters is 1. The Kier molecular flexibility index (Phi) is 4.96. The number of para-hydroxylation sites is 1. The minimum atomic E-state index is -0.888. The predicted octanol–water partition coefficient (Wildman–Crippen LogP) is 3.38. The fraction of sp³-hybridized carbons (Fsp3) is 0.500. The van der Waals surface area contributed by atoms with Crippen LogP contribution in [0, 0.1) is 12.8 Å². The first-order valence-electron chi connectivity index (χ1n) is 10.1. The molecule has 0 bridgehead atoms. The number of hydrogen-bond donors (Lipinski definition) is 1. The molecule has 1 aliphatic heterocycles. The molecule has 1 aromatic carbocycles. The third-order valence-electron chi connectivity index (χ3n) is 6.06. The molecule has 2 fully saturated rings. The first-order valence-corrected chi connectivity index (χ1v) is 10.1. The molecule has 2 aliphatic rings. The molecule has 1 N–H and O–H groups in total. The summed E-state index contributed by atoms with van der Waals surface area (Å²) in [6, 6.07) is 7.85. The van der Waals surface area contributed by atoms with E-state index in [2.05, 4.69) is 4.98 Å². The summed E-state index contributed by atoms with van der Waals surface area (Å²) in [5.41, 5.74) is 2.21. The molecule has 1 saturated carbocycles. The normalized spacial score (nSPS) is 21.4. The number of likely N-dealkylation sites (tertiary alicyclic amines) is 1. The number of aryl methyl sites for hydroxylation is 1. The lowest BCUT2D eigenvalue weighted by Crippen LogP contribution is -2.35. The summed E-state index contributed by atoms with van der Waals surface area (Å²) in [6.45, 7) is 3.86. The number of nitrogens with zero attached hydrogens (tertiary/aromatic N) is 1. The van der Waals surface area contributed by atoms with E-state index < -0.39 is 18.0 Å². The SMILES string of the molecule is Cc1[nH]c2ccccc2c1C(=O)[C@H](C)OC(=O)[C@@H]1CC(=O)N(C2CCCC2)C1. The molecule has 28 heavy (non-hydrogen) atoms. The Labute approximate surface area is 164 Å². The summed E-state index contributed by atoms with van der Waals surface area (Å²) in [5, 5.41) is 0.830. The highest BCUT2D eigenvalue weighted by molar-refractivity contribution is 6.11. The standard InChI is InChI=1S/C22H26N2O4/c1-13-20(17-9-5-6-10-18(17)23-13)21(26)14(2)28-22(27)15-11-19(25)24(12-15)16-7-3-4-8-16/h5-6,9-10,14-16,23H,3-4,7-8,11-12H2,1-2H3/t14-,15+/m0/s1. The van der Waals surface area contributed by atoms with E-state index in [4.69, 9.17) is 4.74 Å². The Balaban J connectivity index is 1.43. The van der Waals surface area contributed by atoms with E-state index in [1.807, 2.05) is 36.1 Å². The molecule has 1 aromatic heterocycles. The van der Waals surface area contributed by atoms with E-state index in [9.17, 15) is 14.4 Å². The van der Waals surface area contributed by atoms with Crippen LogP contribution in [0.5, 0.6) is 0 Å². The van der Waals surface area contributed by atoms with E-state index in [0.717, 1.165) is 42.3 Å². The van der Waals surface area contributed by atoms with Gasteiger partial charge in [0.05, 0.1) is 5.92 Å². The van der Waals surface area contributed by atoms with Gasteiger partial charge in [-0.1, -0.05) is 31.0 Å². The van der Waals surface area contributed by atoms with Crippen molar-refractivity contribution in [1.29, 1.82) is 0 Å². The van der Waals surface area contributed by atoms with Crippen LogP contribution in [0.2, 0.25) is 0 Å². The quantitative estimate of drug-likeness (QED) is 0.635. The third kappa shape index (κ3) is 3.32. The maximum absolute atomic E-state index is 13.0. The molecular weight excluding hydrogens is 356 g/mol. The number of hydrogen-bond acceptors (Lipinski definition) is 4. The summed E-state index contributed by atoms with van der Waals surface area (Å²) < 4.78 is 5.50. The monoisotopic (exact) mass is 382 g/mol. The molecule has 2 aromatic rings. The molecule has 0 radical (unpaired) electrons. The number of amides is 1. The van der Waals surface area contributed by atoms with Crippen molar-refractivity contribution in [3.8, 4) is 0 Å². The second-order valence-corrected chi connectivity index (χ2v) is 8.00. The Morgan fingerprint density at radius 3 is 2.68 bits per heavy atom. The molecule has 0 spiro atoms. The number of ketones is 1. The maximum Gasteiger partial charge on any atom is 0.311 e. The first-order chi connectivity index (χ1) is 13.5. The van der Waals surface area contributed by atoms with Gasteiger partial charge in [0.15, 0.2) is 6.10 Å². The Hall–Kier alpha value is -2.63. The topological polar surface area (TPSA) is 79.5 Å². The number of aromatic nitrogens is 1. The Morgan fingerprint density at radius 1 is 1.21 bits per heavy atom. The van der Waals surface area contributed by atoms with Crippen LogP contribution in [0.1, 0.15) is 55.1 Å². The van der Waals surface area contributed by atoms with Crippen molar-refractivity contribution in [3.05, 3.63) is 35.5 Å². The number of aromatic amines is 1. The zero-order valence-corrected chi connectivity index (χ0v) is 16.4. The lowest BCUT2D eigenvalue weighted by molar-refractivity contribution is -0.151. The highest BCUT2D eigenvalue weighted by Crippen LogP contribution is 2.30. The van der Waals surface area contributed by atoms with E-state index in [1.165, 1.54) is 0 Å². The summed E-state index contributed by atoms with van der Waals surface area (Å²) in [6.07, 6.45) is 3.60. The lowest BCUT2D eigenvalue weighted by atomic mass is 10.0.